The van der Waals surface area contributed by atoms with E-state index in [1.165, 1.54) is 28.9 Å². The van der Waals surface area contributed by atoms with Crippen molar-refractivity contribution in [3.8, 4) is 11.6 Å². The van der Waals surface area contributed by atoms with Crippen LogP contribution in [0.1, 0.15) is 16.8 Å². The van der Waals surface area contributed by atoms with Crippen molar-refractivity contribution >= 4 is 29.2 Å². The lowest BCUT2D eigenvalue weighted by Gasteiger charge is -2.25. The van der Waals surface area contributed by atoms with Gasteiger partial charge in [-0.1, -0.05) is 6.07 Å². The van der Waals surface area contributed by atoms with Crippen LogP contribution in [0.4, 0.5) is 29.3 Å². The van der Waals surface area contributed by atoms with Gasteiger partial charge in [0.25, 0.3) is 0 Å². The van der Waals surface area contributed by atoms with Crippen molar-refractivity contribution in [3.63, 3.8) is 0 Å². The Hall–Kier alpha value is -3.27. The number of carbonyl (C=O) groups is 1. The van der Waals surface area contributed by atoms with Crippen LogP contribution in [-0.4, -0.2) is 27.6 Å². The Morgan fingerprint density at radius 1 is 1.16 bits per heavy atom. The van der Waals surface area contributed by atoms with E-state index in [1.54, 1.807) is 24.4 Å². The van der Waals surface area contributed by atoms with Crippen LogP contribution in [0.25, 0.3) is 0 Å². The average Bonchev–Trinajstić information content (AvgIpc) is 3.14. The molecule has 0 aliphatic carbocycles. The molecule has 1 aliphatic heterocycles. The summed E-state index contributed by atoms with van der Waals surface area (Å²) in [5, 5.41) is 2.40. The molecule has 0 fully saturated rings. The number of alkyl halides is 3. The maximum atomic E-state index is 13.2. The number of aromatic nitrogens is 2. The Labute approximate surface area is 186 Å². The standard InChI is InChI=1S/C22H19F3N4O2S/c1-13-3-7-17(12-26-13)31-19-8-6-16(11-27-19)28-21(30)29-18-10-15(22(23,24)25)5-4-14(18)9-20(29)32-2/h3-8,10-12,20H,9H2,1-2H3,(H,28,30). The fraction of sp³-hybridized carbons (Fsp3) is 0.227. The number of halogens is 3. The number of rotatable bonds is 4. The second-order valence-electron chi connectivity index (χ2n) is 7.16. The van der Waals surface area contributed by atoms with Crippen LogP contribution in [0.15, 0.2) is 54.9 Å². The summed E-state index contributed by atoms with van der Waals surface area (Å²) in [5.41, 5.74) is 1.42. The molecule has 10 heteroatoms. The molecular formula is C22H19F3N4O2S. The van der Waals surface area contributed by atoms with Gasteiger partial charge in [-0.15, -0.1) is 11.8 Å². The van der Waals surface area contributed by atoms with Crippen LogP contribution in [0.2, 0.25) is 0 Å². The molecule has 1 aliphatic rings. The third kappa shape index (κ3) is 4.64. The highest BCUT2D eigenvalue weighted by Gasteiger charge is 2.37. The number of hydrogen-bond acceptors (Lipinski definition) is 5. The highest BCUT2D eigenvalue weighted by molar-refractivity contribution is 7.99. The van der Waals surface area contributed by atoms with E-state index in [2.05, 4.69) is 15.3 Å². The number of ether oxygens (including phenoxy) is 1. The molecule has 4 rings (SSSR count). The van der Waals surface area contributed by atoms with E-state index >= 15 is 0 Å². The monoisotopic (exact) mass is 460 g/mol. The molecule has 2 aromatic heterocycles. The Balaban J connectivity index is 1.50. The first-order chi connectivity index (χ1) is 15.2. The normalized spacial score (nSPS) is 15.4. The summed E-state index contributed by atoms with van der Waals surface area (Å²) in [7, 11) is 0. The number of aryl methyl sites for hydroxylation is 1. The van der Waals surface area contributed by atoms with E-state index in [-0.39, 0.29) is 11.1 Å². The van der Waals surface area contributed by atoms with Gasteiger partial charge in [-0.25, -0.2) is 9.78 Å². The molecular weight excluding hydrogens is 441 g/mol. The van der Waals surface area contributed by atoms with E-state index in [9.17, 15) is 18.0 Å². The topological polar surface area (TPSA) is 67.4 Å². The zero-order valence-electron chi connectivity index (χ0n) is 17.2. The maximum Gasteiger partial charge on any atom is 0.416 e. The van der Waals surface area contributed by atoms with Gasteiger partial charge in [0.05, 0.1) is 34.7 Å². The minimum Gasteiger partial charge on any atom is -0.437 e. The number of thioether (sulfide) groups is 1. The molecule has 0 spiro atoms. The predicted molar refractivity (Wildman–Crippen MR) is 117 cm³/mol. The second-order valence-corrected chi connectivity index (χ2v) is 8.17. The third-order valence-corrected chi connectivity index (χ3v) is 5.86. The highest BCUT2D eigenvalue weighted by atomic mass is 32.2. The first kappa shape index (κ1) is 21.9. The van der Waals surface area contributed by atoms with Gasteiger partial charge < -0.3 is 10.1 Å². The molecule has 3 aromatic rings. The largest absolute Gasteiger partial charge is 0.437 e. The van der Waals surface area contributed by atoms with Gasteiger partial charge >= 0.3 is 12.2 Å². The van der Waals surface area contributed by atoms with Crippen LogP contribution in [0, 0.1) is 6.92 Å². The lowest BCUT2D eigenvalue weighted by atomic mass is 10.1. The molecule has 32 heavy (non-hydrogen) atoms. The SMILES string of the molecule is CSC1Cc2ccc(C(F)(F)F)cc2N1C(=O)Nc1ccc(Oc2ccc(C)nc2)nc1. The van der Waals surface area contributed by atoms with Crippen LogP contribution >= 0.6 is 11.8 Å². The molecule has 3 heterocycles. The highest BCUT2D eigenvalue weighted by Crippen LogP contribution is 2.40. The van der Waals surface area contributed by atoms with Crippen molar-refractivity contribution in [1.82, 2.24) is 9.97 Å². The third-order valence-electron chi connectivity index (χ3n) is 4.94. The lowest BCUT2D eigenvalue weighted by Crippen LogP contribution is -2.39. The first-order valence-corrected chi connectivity index (χ1v) is 10.9. The van der Waals surface area contributed by atoms with Gasteiger partial charge in [-0.2, -0.15) is 13.2 Å². The lowest BCUT2D eigenvalue weighted by molar-refractivity contribution is -0.137. The summed E-state index contributed by atoms with van der Waals surface area (Å²) in [4.78, 5) is 22.6. The average molecular weight is 460 g/mol. The Morgan fingerprint density at radius 2 is 1.97 bits per heavy atom. The van der Waals surface area contributed by atoms with Crippen LogP contribution < -0.4 is 15.0 Å². The smallest absolute Gasteiger partial charge is 0.416 e. The number of benzene rings is 1. The summed E-state index contributed by atoms with van der Waals surface area (Å²) in [6, 6.07) is 9.75. The molecule has 0 radical (unpaired) electrons. The molecule has 0 bridgehead atoms. The molecule has 1 aromatic carbocycles. The van der Waals surface area contributed by atoms with E-state index in [0.29, 0.717) is 29.3 Å². The van der Waals surface area contributed by atoms with Gasteiger partial charge in [-0.3, -0.25) is 9.88 Å². The van der Waals surface area contributed by atoms with Crippen molar-refractivity contribution in [2.24, 2.45) is 0 Å². The number of urea groups is 1. The fourth-order valence-electron chi connectivity index (χ4n) is 3.33. The quantitative estimate of drug-likeness (QED) is 0.527. The van der Waals surface area contributed by atoms with Crippen molar-refractivity contribution in [1.29, 1.82) is 0 Å². The summed E-state index contributed by atoms with van der Waals surface area (Å²) < 4.78 is 45.1. The zero-order valence-corrected chi connectivity index (χ0v) is 18.0. The minimum atomic E-state index is -4.48. The summed E-state index contributed by atoms with van der Waals surface area (Å²) in [6.45, 7) is 1.86. The summed E-state index contributed by atoms with van der Waals surface area (Å²) in [5.74, 6) is 0.842. The van der Waals surface area contributed by atoms with Gasteiger partial charge in [0, 0.05) is 18.2 Å². The fourth-order valence-corrected chi connectivity index (χ4v) is 4.10. The summed E-state index contributed by atoms with van der Waals surface area (Å²) in [6.07, 6.45) is 0.801. The van der Waals surface area contributed by atoms with Gasteiger partial charge in [-0.05, 0) is 49.1 Å². The van der Waals surface area contributed by atoms with E-state index < -0.39 is 17.8 Å². The van der Waals surface area contributed by atoms with E-state index in [4.69, 9.17) is 4.74 Å². The van der Waals surface area contributed by atoms with Crippen molar-refractivity contribution in [3.05, 3.63) is 71.7 Å². The maximum absolute atomic E-state index is 13.2. The molecule has 1 N–H and O–H groups in total. The Morgan fingerprint density at radius 3 is 2.59 bits per heavy atom. The second kappa shape index (κ2) is 8.70. The predicted octanol–water partition coefficient (Wildman–Crippen LogP) is 5.88. The summed E-state index contributed by atoms with van der Waals surface area (Å²) >= 11 is 1.40. The van der Waals surface area contributed by atoms with Crippen molar-refractivity contribution in [2.45, 2.75) is 24.9 Å². The first-order valence-electron chi connectivity index (χ1n) is 9.64. The van der Waals surface area contributed by atoms with E-state index in [1.807, 2.05) is 19.2 Å². The van der Waals surface area contributed by atoms with Crippen molar-refractivity contribution < 1.29 is 22.7 Å². The zero-order chi connectivity index (χ0) is 22.9. The molecule has 2 amide bonds. The molecule has 1 unspecified atom stereocenters. The van der Waals surface area contributed by atoms with Crippen molar-refractivity contribution in [2.75, 3.05) is 16.5 Å². The number of amides is 2. The van der Waals surface area contributed by atoms with E-state index in [0.717, 1.165) is 17.8 Å². The minimum absolute atomic E-state index is 0.261. The van der Waals surface area contributed by atoms with Crippen LogP contribution in [-0.2, 0) is 12.6 Å². The van der Waals surface area contributed by atoms with Gasteiger partial charge in [0.1, 0.15) is 5.75 Å². The molecule has 1 atom stereocenters. The van der Waals surface area contributed by atoms with Crippen LogP contribution in [0.3, 0.4) is 0 Å². The Bertz CT molecular complexity index is 1120. The van der Waals surface area contributed by atoms with Crippen LogP contribution in [0.5, 0.6) is 11.6 Å². The Kier molecular flexibility index (Phi) is 5.96. The number of nitrogens with zero attached hydrogens (tertiary/aromatic N) is 3. The number of nitrogens with one attached hydrogen (secondary N) is 1. The number of anilines is 2. The number of carbonyl (C=O) groups excluding carboxylic acids is 1. The number of hydrogen-bond donors (Lipinski definition) is 1. The molecule has 0 saturated carbocycles. The van der Waals surface area contributed by atoms with Gasteiger partial charge in [0.2, 0.25) is 5.88 Å². The molecule has 0 saturated heterocycles. The number of fused-ring (bicyclic) bond motifs is 1. The molecule has 6 nitrogen and oxygen atoms in total. The van der Waals surface area contributed by atoms with Gasteiger partial charge in [0.15, 0.2) is 0 Å². The number of pyridine rings is 2. The molecule has 166 valence electrons.